The number of hydrogen-bond acceptors (Lipinski definition) is 7. The minimum absolute atomic E-state index is 0.0888. The summed E-state index contributed by atoms with van der Waals surface area (Å²) in [5, 5.41) is 14.2. The van der Waals surface area contributed by atoms with E-state index in [0.717, 1.165) is 10.6 Å². The number of hydrogen-bond donors (Lipinski definition) is 1. The number of fused-ring (bicyclic) bond motifs is 1. The molecule has 0 unspecified atom stereocenters. The van der Waals surface area contributed by atoms with Gasteiger partial charge in [-0.1, -0.05) is 29.5 Å². The second-order valence-corrected chi connectivity index (χ2v) is 8.74. The molecular formula is C19H22N4O5S. The number of ether oxygens (including phenoxy) is 1. The number of carbonyl (C=O) groups excluding carboxylic acids is 2. The highest BCUT2D eigenvalue weighted by atomic mass is 32.1. The third-order valence-corrected chi connectivity index (χ3v) is 5.17. The maximum atomic E-state index is 12.3. The molecule has 2 heterocycles. The van der Waals surface area contributed by atoms with Crippen molar-refractivity contribution in [3.05, 3.63) is 50.5 Å². The molecule has 0 saturated carbocycles. The van der Waals surface area contributed by atoms with Gasteiger partial charge in [-0.05, 0) is 20.8 Å². The fourth-order valence-corrected chi connectivity index (χ4v) is 3.95. The van der Waals surface area contributed by atoms with E-state index in [-0.39, 0.29) is 24.1 Å². The first-order chi connectivity index (χ1) is 13.6. The second kappa shape index (κ2) is 8.16. The molecule has 1 aliphatic rings. The van der Waals surface area contributed by atoms with Crippen molar-refractivity contribution < 1.29 is 19.2 Å². The van der Waals surface area contributed by atoms with Gasteiger partial charge in [-0.25, -0.2) is 9.78 Å². The molecule has 10 heteroatoms. The van der Waals surface area contributed by atoms with E-state index in [0.29, 0.717) is 30.2 Å². The Hall–Kier alpha value is -3.01. The first kappa shape index (κ1) is 20.7. The molecule has 3 rings (SSSR count). The van der Waals surface area contributed by atoms with Gasteiger partial charge in [0.15, 0.2) is 5.13 Å². The number of rotatable bonds is 4. The first-order valence-electron chi connectivity index (χ1n) is 9.11. The average Bonchev–Trinajstić information content (AvgIpc) is 3.01. The fourth-order valence-electron chi connectivity index (χ4n) is 2.91. The summed E-state index contributed by atoms with van der Waals surface area (Å²) in [5.41, 5.74) is 0.529. The Morgan fingerprint density at radius 1 is 1.34 bits per heavy atom. The van der Waals surface area contributed by atoms with Gasteiger partial charge in [-0.2, -0.15) is 0 Å². The molecule has 2 amide bonds. The van der Waals surface area contributed by atoms with Gasteiger partial charge in [-0.3, -0.25) is 14.9 Å². The van der Waals surface area contributed by atoms with Crippen molar-refractivity contribution in [2.24, 2.45) is 0 Å². The smallest absolute Gasteiger partial charge is 0.410 e. The Kier molecular flexibility index (Phi) is 5.83. The normalized spacial score (nSPS) is 13.6. The van der Waals surface area contributed by atoms with Gasteiger partial charge in [0.1, 0.15) is 5.60 Å². The predicted octanol–water partition coefficient (Wildman–Crippen LogP) is 3.53. The maximum absolute atomic E-state index is 12.3. The van der Waals surface area contributed by atoms with Crippen LogP contribution in [0.3, 0.4) is 0 Å². The highest BCUT2D eigenvalue weighted by molar-refractivity contribution is 7.15. The molecule has 0 atom stereocenters. The number of thiazole rings is 1. The fraction of sp³-hybridized carbons (Fsp3) is 0.421. The Morgan fingerprint density at radius 3 is 2.76 bits per heavy atom. The van der Waals surface area contributed by atoms with E-state index in [1.807, 2.05) is 20.8 Å². The molecule has 1 N–H and O–H groups in total. The van der Waals surface area contributed by atoms with Gasteiger partial charge < -0.3 is 15.0 Å². The lowest BCUT2D eigenvalue weighted by molar-refractivity contribution is -0.385. The van der Waals surface area contributed by atoms with Crippen molar-refractivity contribution in [3.8, 4) is 0 Å². The van der Waals surface area contributed by atoms with Crippen molar-refractivity contribution in [2.45, 2.75) is 45.8 Å². The molecule has 0 saturated heterocycles. The molecule has 29 heavy (non-hydrogen) atoms. The molecule has 1 aromatic carbocycles. The lowest BCUT2D eigenvalue weighted by atomic mass is 10.1. The van der Waals surface area contributed by atoms with Crippen LogP contribution in [0.2, 0.25) is 0 Å². The summed E-state index contributed by atoms with van der Waals surface area (Å²) in [6.07, 6.45) is 0.0785. The van der Waals surface area contributed by atoms with Gasteiger partial charge >= 0.3 is 6.09 Å². The van der Waals surface area contributed by atoms with Gasteiger partial charge in [0.25, 0.3) is 5.69 Å². The monoisotopic (exact) mass is 418 g/mol. The highest BCUT2D eigenvalue weighted by Crippen LogP contribution is 2.29. The van der Waals surface area contributed by atoms with E-state index in [1.54, 1.807) is 23.1 Å². The van der Waals surface area contributed by atoms with Crippen LogP contribution in [0.4, 0.5) is 15.6 Å². The summed E-state index contributed by atoms with van der Waals surface area (Å²) in [4.78, 5) is 42.1. The number of nitrogens with zero attached hydrogens (tertiary/aromatic N) is 3. The number of nitro benzene ring substituents is 1. The summed E-state index contributed by atoms with van der Waals surface area (Å²) in [6, 6.07) is 6.15. The van der Waals surface area contributed by atoms with Crippen molar-refractivity contribution >= 4 is 34.2 Å². The summed E-state index contributed by atoms with van der Waals surface area (Å²) < 4.78 is 5.41. The standard InChI is InChI=1S/C19H22N4O5S/c1-19(2,3)28-18(25)22-9-8-13-15(11-22)29-17(20-13)21-16(24)10-12-6-4-5-7-14(12)23(26)27/h4-7H,8-11H2,1-3H3,(H,20,21,24). The van der Waals surface area contributed by atoms with Crippen LogP contribution in [0.1, 0.15) is 36.9 Å². The number of nitro groups is 1. The third kappa shape index (κ3) is 5.29. The molecule has 1 aliphatic heterocycles. The SMILES string of the molecule is CC(C)(C)OC(=O)N1CCc2nc(NC(=O)Cc3ccccc3[N+](=O)[O-])sc2C1. The number of benzene rings is 1. The number of carbonyl (C=O) groups is 2. The van der Waals surface area contributed by atoms with E-state index in [2.05, 4.69) is 10.3 Å². The number of aromatic nitrogens is 1. The Labute approximate surface area is 171 Å². The second-order valence-electron chi connectivity index (χ2n) is 7.65. The first-order valence-corrected chi connectivity index (χ1v) is 9.92. The summed E-state index contributed by atoms with van der Waals surface area (Å²) in [5.74, 6) is -0.380. The maximum Gasteiger partial charge on any atom is 0.410 e. The van der Waals surface area contributed by atoms with E-state index in [1.165, 1.54) is 17.4 Å². The van der Waals surface area contributed by atoms with Crippen LogP contribution in [0.5, 0.6) is 0 Å². The van der Waals surface area contributed by atoms with Crippen LogP contribution in [-0.2, 0) is 28.9 Å². The Bertz CT molecular complexity index is 950. The molecule has 0 aliphatic carbocycles. The van der Waals surface area contributed by atoms with Crippen molar-refractivity contribution in [1.29, 1.82) is 0 Å². The molecule has 0 bridgehead atoms. The minimum Gasteiger partial charge on any atom is -0.444 e. The number of nitrogens with one attached hydrogen (secondary N) is 1. The van der Waals surface area contributed by atoms with Crippen LogP contribution < -0.4 is 5.32 Å². The third-order valence-electron chi connectivity index (χ3n) is 4.17. The van der Waals surface area contributed by atoms with E-state index >= 15 is 0 Å². The van der Waals surface area contributed by atoms with E-state index < -0.39 is 10.5 Å². The molecule has 154 valence electrons. The van der Waals surface area contributed by atoms with Crippen LogP contribution in [0, 0.1) is 10.1 Å². The zero-order chi connectivity index (χ0) is 21.2. The lowest BCUT2D eigenvalue weighted by Crippen LogP contribution is -2.39. The van der Waals surface area contributed by atoms with E-state index in [4.69, 9.17) is 4.74 Å². The molecular weight excluding hydrogens is 396 g/mol. The molecule has 0 radical (unpaired) electrons. The topological polar surface area (TPSA) is 115 Å². The van der Waals surface area contributed by atoms with Crippen LogP contribution >= 0.6 is 11.3 Å². The van der Waals surface area contributed by atoms with Crippen molar-refractivity contribution in [2.75, 3.05) is 11.9 Å². The Balaban J connectivity index is 1.64. The van der Waals surface area contributed by atoms with Gasteiger partial charge in [0, 0.05) is 29.5 Å². The number of anilines is 1. The van der Waals surface area contributed by atoms with Crippen molar-refractivity contribution in [3.63, 3.8) is 0 Å². The molecule has 2 aromatic rings. The van der Waals surface area contributed by atoms with E-state index in [9.17, 15) is 19.7 Å². The zero-order valence-corrected chi connectivity index (χ0v) is 17.2. The quantitative estimate of drug-likeness (QED) is 0.600. The number of amides is 2. The summed E-state index contributed by atoms with van der Waals surface area (Å²) in [6.45, 7) is 6.32. The molecule has 0 fully saturated rings. The van der Waals surface area contributed by atoms with Crippen LogP contribution in [0.25, 0.3) is 0 Å². The highest BCUT2D eigenvalue weighted by Gasteiger charge is 2.28. The number of para-hydroxylation sites is 1. The van der Waals surface area contributed by atoms with Gasteiger partial charge in [0.2, 0.25) is 5.91 Å². The minimum atomic E-state index is -0.565. The van der Waals surface area contributed by atoms with Crippen molar-refractivity contribution in [1.82, 2.24) is 9.88 Å². The predicted molar refractivity (Wildman–Crippen MR) is 108 cm³/mol. The molecule has 1 aromatic heterocycles. The van der Waals surface area contributed by atoms with Gasteiger partial charge in [-0.15, -0.1) is 0 Å². The zero-order valence-electron chi connectivity index (χ0n) is 16.4. The lowest BCUT2D eigenvalue weighted by Gasteiger charge is -2.29. The molecule has 9 nitrogen and oxygen atoms in total. The van der Waals surface area contributed by atoms with Crippen LogP contribution in [-0.4, -0.2) is 39.0 Å². The average molecular weight is 418 g/mol. The Morgan fingerprint density at radius 2 is 2.07 bits per heavy atom. The van der Waals surface area contributed by atoms with Gasteiger partial charge in [0.05, 0.1) is 23.6 Å². The largest absolute Gasteiger partial charge is 0.444 e. The van der Waals surface area contributed by atoms with Crippen LogP contribution in [0.15, 0.2) is 24.3 Å². The summed E-state index contributed by atoms with van der Waals surface area (Å²) >= 11 is 1.30. The molecule has 0 spiro atoms. The summed E-state index contributed by atoms with van der Waals surface area (Å²) in [7, 11) is 0.